The molecule has 0 heterocycles. The second-order valence-electron chi connectivity index (χ2n) is 4.84. The maximum Gasteiger partial charge on any atom is 0.234 e. The van der Waals surface area contributed by atoms with Crippen molar-refractivity contribution in [2.45, 2.75) is 18.7 Å². The number of carbonyl (C=O) groups is 1. The van der Waals surface area contributed by atoms with E-state index in [-0.39, 0.29) is 5.91 Å². The number of anilines is 2. The first-order valence-electron chi connectivity index (χ1n) is 6.50. The highest BCUT2D eigenvalue weighted by Gasteiger charge is 2.07. The van der Waals surface area contributed by atoms with Crippen LogP contribution in [0.4, 0.5) is 11.4 Å². The topological polar surface area (TPSA) is 55.1 Å². The first kappa shape index (κ1) is 15.7. The summed E-state index contributed by atoms with van der Waals surface area (Å²) in [5.41, 5.74) is 9.18. The molecule has 0 unspecified atom stereocenters. The zero-order chi connectivity index (χ0) is 15.4. The molecule has 2 rings (SSSR count). The van der Waals surface area contributed by atoms with Crippen LogP contribution >= 0.6 is 23.4 Å². The first-order chi connectivity index (χ1) is 9.95. The van der Waals surface area contributed by atoms with Gasteiger partial charge in [-0.1, -0.05) is 29.3 Å². The lowest BCUT2D eigenvalue weighted by Gasteiger charge is -2.08. The van der Waals surface area contributed by atoms with Crippen LogP contribution in [-0.4, -0.2) is 11.7 Å². The summed E-state index contributed by atoms with van der Waals surface area (Å²) < 4.78 is 0. The number of nitrogens with two attached hydrogens (primary N) is 1. The number of nitrogen functional groups attached to an aromatic ring is 1. The zero-order valence-electron chi connectivity index (χ0n) is 11.9. The largest absolute Gasteiger partial charge is 0.397 e. The number of hydrogen-bond donors (Lipinski definition) is 2. The Labute approximate surface area is 133 Å². The number of halogens is 1. The van der Waals surface area contributed by atoms with Crippen molar-refractivity contribution in [3.8, 4) is 0 Å². The van der Waals surface area contributed by atoms with Crippen LogP contribution in [0.1, 0.15) is 11.1 Å². The van der Waals surface area contributed by atoms with Gasteiger partial charge in [0.05, 0.1) is 16.5 Å². The van der Waals surface area contributed by atoms with Crippen LogP contribution in [0.2, 0.25) is 5.02 Å². The van der Waals surface area contributed by atoms with Gasteiger partial charge in [-0.3, -0.25) is 4.79 Å². The molecule has 0 radical (unpaired) electrons. The summed E-state index contributed by atoms with van der Waals surface area (Å²) in [6, 6.07) is 11.3. The van der Waals surface area contributed by atoms with Crippen molar-refractivity contribution in [1.82, 2.24) is 0 Å². The van der Waals surface area contributed by atoms with E-state index in [0.717, 1.165) is 4.90 Å². The Balaban J connectivity index is 1.95. The summed E-state index contributed by atoms with van der Waals surface area (Å²) in [6.45, 7) is 4.08. The van der Waals surface area contributed by atoms with Gasteiger partial charge in [-0.15, -0.1) is 11.8 Å². The number of thioether (sulfide) groups is 1. The van der Waals surface area contributed by atoms with Crippen LogP contribution in [0.25, 0.3) is 0 Å². The van der Waals surface area contributed by atoms with Gasteiger partial charge in [0.15, 0.2) is 0 Å². The van der Waals surface area contributed by atoms with E-state index in [1.165, 1.54) is 22.9 Å². The first-order valence-corrected chi connectivity index (χ1v) is 7.87. The zero-order valence-corrected chi connectivity index (χ0v) is 13.5. The number of nitrogens with one attached hydrogen (secondary N) is 1. The lowest BCUT2D eigenvalue weighted by atomic mass is 10.2. The number of hydrogen-bond acceptors (Lipinski definition) is 3. The van der Waals surface area contributed by atoms with Crippen molar-refractivity contribution in [1.29, 1.82) is 0 Å². The smallest absolute Gasteiger partial charge is 0.234 e. The van der Waals surface area contributed by atoms with Crippen LogP contribution in [0.3, 0.4) is 0 Å². The highest BCUT2D eigenvalue weighted by atomic mass is 35.5. The Hall–Kier alpha value is -1.65. The van der Waals surface area contributed by atoms with E-state index in [1.54, 1.807) is 18.2 Å². The summed E-state index contributed by atoms with van der Waals surface area (Å²) >= 11 is 7.38. The molecule has 3 N–H and O–H groups in total. The molecule has 0 aliphatic rings. The van der Waals surface area contributed by atoms with E-state index < -0.39 is 0 Å². The minimum absolute atomic E-state index is 0.0670. The number of carbonyl (C=O) groups excluding carboxylic acids is 1. The maximum atomic E-state index is 12.0. The second kappa shape index (κ2) is 6.87. The molecule has 0 aliphatic heterocycles. The van der Waals surface area contributed by atoms with Crippen molar-refractivity contribution in [3.63, 3.8) is 0 Å². The molecule has 0 aromatic heterocycles. The van der Waals surface area contributed by atoms with Crippen LogP contribution in [-0.2, 0) is 4.79 Å². The van der Waals surface area contributed by atoms with Gasteiger partial charge in [0.2, 0.25) is 5.91 Å². The summed E-state index contributed by atoms with van der Waals surface area (Å²) in [7, 11) is 0. The predicted molar refractivity (Wildman–Crippen MR) is 91.1 cm³/mol. The number of amides is 1. The molecule has 2 aromatic rings. The molecule has 0 saturated carbocycles. The van der Waals surface area contributed by atoms with Crippen molar-refractivity contribution in [3.05, 3.63) is 52.5 Å². The van der Waals surface area contributed by atoms with Gasteiger partial charge in [0.1, 0.15) is 0 Å². The molecule has 0 atom stereocenters. The summed E-state index contributed by atoms with van der Waals surface area (Å²) in [6.07, 6.45) is 0. The van der Waals surface area contributed by atoms with E-state index in [1.807, 2.05) is 13.8 Å². The summed E-state index contributed by atoms with van der Waals surface area (Å²) in [5.74, 6) is 0.287. The van der Waals surface area contributed by atoms with Gasteiger partial charge in [-0.2, -0.15) is 0 Å². The standard InChI is InChI=1S/C16H17ClN2OS/c1-10-3-4-11(2)15(7-10)21-9-16(20)19-12-5-6-13(17)14(18)8-12/h3-8H,9,18H2,1-2H3,(H,19,20). The number of aryl methyl sites for hydroxylation is 2. The molecule has 0 fully saturated rings. The number of rotatable bonds is 4. The van der Waals surface area contributed by atoms with Gasteiger partial charge in [0.25, 0.3) is 0 Å². The average molecular weight is 321 g/mol. The van der Waals surface area contributed by atoms with Crippen molar-refractivity contribution in [2.24, 2.45) is 0 Å². The van der Waals surface area contributed by atoms with E-state index in [2.05, 4.69) is 23.5 Å². The minimum Gasteiger partial charge on any atom is -0.397 e. The van der Waals surface area contributed by atoms with Crippen LogP contribution in [0.5, 0.6) is 0 Å². The van der Waals surface area contributed by atoms with E-state index in [0.29, 0.717) is 22.2 Å². The fourth-order valence-corrected chi connectivity index (χ4v) is 2.87. The van der Waals surface area contributed by atoms with Crippen LogP contribution in [0.15, 0.2) is 41.3 Å². The maximum absolute atomic E-state index is 12.0. The van der Waals surface area contributed by atoms with E-state index in [4.69, 9.17) is 17.3 Å². The SMILES string of the molecule is Cc1ccc(C)c(SCC(=O)Nc2ccc(Cl)c(N)c2)c1. The third-order valence-corrected chi connectivity index (χ3v) is 4.48. The minimum atomic E-state index is -0.0670. The third kappa shape index (κ3) is 4.41. The normalized spacial score (nSPS) is 10.4. The molecular formula is C16H17ClN2OS. The molecule has 0 saturated heterocycles. The Morgan fingerprint density at radius 3 is 2.71 bits per heavy atom. The van der Waals surface area contributed by atoms with Crippen molar-refractivity contribution in [2.75, 3.05) is 16.8 Å². The molecule has 3 nitrogen and oxygen atoms in total. The van der Waals surface area contributed by atoms with Crippen LogP contribution in [0, 0.1) is 13.8 Å². The molecule has 21 heavy (non-hydrogen) atoms. The van der Waals surface area contributed by atoms with Gasteiger partial charge >= 0.3 is 0 Å². The summed E-state index contributed by atoms with van der Waals surface area (Å²) in [5, 5.41) is 3.30. The number of benzene rings is 2. The summed E-state index contributed by atoms with van der Waals surface area (Å²) in [4.78, 5) is 13.1. The predicted octanol–water partition coefficient (Wildman–Crippen LogP) is 4.27. The van der Waals surface area contributed by atoms with E-state index >= 15 is 0 Å². The van der Waals surface area contributed by atoms with Gasteiger partial charge in [-0.05, 0) is 43.7 Å². The lowest BCUT2D eigenvalue weighted by Crippen LogP contribution is -2.14. The van der Waals surface area contributed by atoms with Crippen molar-refractivity contribution < 1.29 is 4.79 Å². The molecule has 2 aromatic carbocycles. The molecular weight excluding hydrogens is 304 g/mol. The van der Waals surface area contributed by atoms with Crippen LogP contribution < -0.4 is 11.1 Å². The Morgan fingerprint density at radius 1 is 1.24 bits per heavy atom. The Kier molecular flexibility index (Phi) is 5.15. The second-order valence-corrected chi connectivity index (χ2v) is 6.27. The lowest BCUT2D eigenvalue weighted by molar-refractivity contribution is -0.113. The molecule has 0 spiro atoms. The fourth-order valence-electron chi connectivity index (χ4n) is 1.82. The van der Waals surface area contributed by atoms with Gasteiger partial charge < -0.3 is 11.1 Å². The molecule has 0 bridgehead atoms. The Morgan fingerprint density at radius 2 is 2.00 bits per heavy atom. The fraction of sp³-hybridized carbons (Fsp3) is 0.188. The van der Waals surface area contributed by atoms with Gasteiger partial charge in [-0.25, -0.2) is 0 Å². The average Bonchev–Trinajstić information content (AvgIpc) is 2.44. The van der Waals surface area contributed by atoms with Crippen molar-refractivity contribution >= 4 is 40.6 Å². The van der Waals surface area contributed by atoms with E-state index in [9.17, 15) is 4.79 Å². The monoisotopic (exact) mass is 320 g/mol. The third-order valence-electron chi connectivity index (χ3n) is 2.98. The molecule has 1 amide bonds. The van der Waals surface area contributed by atoms with Gasteiger partial charge in [0, 0.05) is 10.6 Å². The highest BCUT2D eigenvalue weighted by molar-refractivity contribution is 8.00. The molecule has 110 valence electrons. The quantitative estimate of drug-likeness (QED) is 0.653. The molecule has 5 heteroatoms. The highest BCUT2D eigenvalue weighted by Crippen LogP contribution is 2.25. The Bertz CT molecular complexity index is 673. The molecule has 0 aliphatic carbocycles.